The lowest BCUT2D eigenvalue weighted by atomic mass is 10.0. The summed E-state index contributed by atoms with van der Waals surface area (Å²) in [5.74, 6) is 0.642. The van der Waals surface area contributed by atoms with E-state index < -0.39 is 0 Å². The average Bonchev–Trinajstić information content (AvgIpc) is 2.52. The van der Waals surface area contributed by atoms with Crippen molar-refractivity contribution in [3.8, 4) is 17.0 Å². The minimum atomic E-state index is 0.362. The van der Waals surface area contributed by atoms with Crippen LogP contribution in [0.15, 0.2) is 42.6 Å². The third kappa shape index (κ3) is 3.58. The molecular weight excluding hydrogens is 248 g/mol. The molecule has 106 valence electrons. The van der Waals surface area contributed by atoms with Crippen molar-refractivity contribution < 1.29 is 4.74 Å². The Morgan fingerprint density at radius 1 is 1.20 bits per heavy atom. The van der Waals surface area contributed by atoms with Gasteiger partial charge in [-0.05, 0) is 43.1 Å². The van der Waals surface area contributed by atoms with E-state index in [0.717, 1.165) is 18.5 Å². The van der Waals surface area contributed by atoms with Crippen LogP contribution in [0.1, 0.15) is 31.9 Å². The van der Waals surface area contributed by atoms with Gasteiger partial charge in [-0.3, -0.25) is 0 Å². The standard InChI is InChI=1S/C17H22N2O/c1-4-10-18-13(2)14-6-5-7-15(11-14)16-8-9-17(20-3)19-12-16/h5-9,11-13,18H,4,10H2,1-3H3. The van der Waals surface area contributed by atoms with Crippen molar-refractivity contribution in [2.75, 3.05) is 13.7 Å². The zero-order valence-electron chi connectivity index (χ0n) is 12.4. The van der Waals surface area contributed by atoms with Crippen molar-refractivity contribution in [3.63, 3.8) is 0 Å². The van der Waals surface area contributed by atoms with Gasteiger partial charge in [-0.2, -0.15) is 0 Å². The van der Waals surface area contributed by atoms with Crippen LogP contribution >= 0.6 is 0 Å². The lowest BCUT2D eigenvalue weighted by molar-refractivity contribution is 0.398. The predicted octanol–water partition coefficient (Wildman–Crippen LogP) is 3.82. The molecule has 1 atom stereocenters. The Morgan fingerprint density at radius 3 is 2.70 bits per heavy atom. The Morgan fingerprint density at radius 2 is 2.05 bits per heavy atom. The van der Waals surface area contributed by atoms with E-state index in [1.165, 1.54) is 11.1 Å². The summed E-state index contributed by atoms with van der Waals surface area (Å²) in [6.45, 7) is 5.41. The van der Waals surface area contributed by atoms with Crippen molar-refractivity contribution >= 4 is 0 Å². The van der Waals surface area contributed by atoms with Gasteiger partial charge in [0.05, 0.1) is 7.11 Å². The Balaban J connectivity index is 2.19. The van der Waals surface area contributed by atoms with Crippen LogP contribution in [0.4, 0.5) is 0 Å². The summed E-state index contributed by atoms with van der Waals surface area (Å²) < 4.78 is 5.09. The first kappa shape index (κ1) is 14.5. The number of benzene rings is 1. The Labute approximate surface area is 121 Å². The first-order valence-electron chi connectivity index (χ1n) is 7.08. The molecule has 0 aliphatic carbocycles. The second-order valence-corrected chi connectivity index (χ2v) is 4.89. The first-order chi connectivity index (χ1) is 9.74. The quantitative estimate of drug-likeness (QED) is 0.866. The van der Waals surface area contributed by atoms with Gasteiger partial charge in [0, 0.05) is 23.9 Å². The molecule has 0 aliphatic rings. The molecule has 0 fully saturated rings. The number of ether oxygens (including phenoxy) is 1. The number of pyridine rings is 1. The average molecular weight is 270 g/mol. The predicted molar refractivity (Wildman–Crippen MR) is 82.9 cm³/mol. The van der Waals surface area contributed by atoms with Gasteiger partial charge in [-0.25, -0.2) is 4.98 Å². The van der Waals surface area contributed by atoms with Gasteiger partial charge in [0.1, 0.15) is 0 Å². The molecule has 20 heavy (non-hydrogen) atoms. The SMILES string of the molecule is CCCNC(C)c1cccc(-c2ccc(OC)nc2)c1. The third-order valence-electron chi connectivity index (χ3n) is 3.37. The van der Waals surface area contributed by atoms with Crippen LogP contribution in [0.3, 0.4) is 0 Å². The van der Waals surface area contributed by atoms with E-state index in [1.807, 2.05) is 18.3 Å². The molecule has 1 aromatic heterocycles. The monoisotopic (exact) mass is 270 g/mol. The molecule has 0 bridgehead atoms. The van der Waals surface area contributed by atoms with Crippen LogP contribution in [-0.4, -0.2) is 18.6 Å². The molecule has 3 nitrogen and oxygen atoms in total. The molecule has 2 rings (SSSR count). The fourth-order valence-electron chi connectivity index (χ4n) is 2.14. The summed E-state index contributed by atoms with van der Waals surface area (Å²) in [7, 11) is 1.63. The minimum Gasteiger partial charge on any atom is -0.481 e. The number of hydrogen-bond donors (Lipinski definition) is 1. The van der Waals surface area contributed by atoms with Gasteiger partial charge in [-0.1, -0.05) is 25.1 Å². The van der Waals surface area contributed by atoms with Gasteiger partial charge < -0.3 is 10.1 Å². The Bertz CT molecular complexity index is 537. The van der Waals surface area contributed by atoms with E-state index in [2.05, 4.69) is 48.4 Å². The molecule has 0 saturated carbocycles. The molecule has 0 saturated heterocycles. The Hall–Kier alpha value is -1.87. The van der Waals surface area contributed by atoms with E-state index in [-0.39, 0.29) is 0 Å². The third-order valence-corrected chi connectivity index (χ3v) is 3.37. The molecular formula is C17H22N2O. The first-order valence-corrected chi connectivity index (χ1v) is 7.08. The molecule has 1 aromatic carbocycles. The topological polar surface area (TPSA) is 34.1 Å². The van der Waals surface area contributed by atoms with Crippen molar-refractivity contribution in [2.45, 2.75) is 26.3 Å². The van der Waals surface area contributed by atoms with E-state index in [0.29, 0.717) is 11.9 Å². The van der Waals surface area contributed by atoms with Crippen LogP contribution in [0.25, 0.3) is 11.1 Å². The number of aromatic nitrogens is 1. The number of methoxy groups -OCH3 is 1. The van der Waals surface area contributed by atoms with Crippen LogP contribution in [-0.2, 0) is 0 Å². The summed E-state index contributed by atoms with van der Waals surface area (Å²) in [4.78, 5) is 4.26. The van der Waals surface area contributed by atoms with E-state index in [9.17, 15) is 0 Å². The molecule has 0 spiro atoms. The van der Waals surface area contributed by atoms with Gasteiger partial charge in [-0.15, -0.1) is 0 Å². The normalized spacial score (nSPS) is 12.2. The highest BCUT2D eigenvalue weighted by Gasteiger charge is 2.06. The number of hydrogen-bond acceptors (Lipinski definition) is 3. The summed E-state index contributed by atoms with van der Waals surface area (Å²) >= 11 is 0. The fraction of sp³-hybridized carbons (Fsp3) is 0.353. The van der Waals surface area contributed by atoms with Gasteiger partial charge in [0.2, 0.25) is 5.88 Å². The van der Waals surface area contributed by atoms with Gasteiger partial charge in [0.25, 0.3) is 0 Å². The molecule has 1 N–H and O–H groups in total. The van der Waals surface area contributed by atoms with Gasteiger partial charge >= 0.3 is 0 Å². The number of nitrogens with zero attached hydrogens (tertiary/aromatic N) is 1. The smallest absolute Gasteiger partial charge is 0.212 e. The van der Waals surface area contributed by atoms with Crippen molar-refractivity contribution in [1.29, 1.82) is 0 Å². The largest absolute Gasteiger partial charge is 0.481 e. The summed E-state index contributed by atoms with van der Waals surface area (Å²) in [6.07, 6.45) is 2.99. The summed E-state index contributed by atoms with van der Waals surface area (Å²) in [6, 6.07) is 12.9. The summed E-state index contributed by atoms with van der Waals surface area (Å²) in [5.41, 5.74) is 3.59. The fourth-order valence-corrected chi connectivity index (χ4v) is 2.14. The van der Waals surface area contributed by atoms with E-state index in [1.54, 1.807) is 7.11 Å². The lowest BCUT2D eigenvalue weighted by Gasteiger charge is -2.14. The second-order valence-electron chi connectivity index (χ2n) is 4.89. The Kier molecular flexibility index (Phi) is 5.13. The van der Waals surface area contributed by atoms with Gasteiger partial charge in [0.15, 0.2) is 0 Å². The molecule has 2 aromatic rings. The summed E-state index contributed by atoms with van der Waals surface area (Å²) in [5, 5.41) is 3.51. The lowest BCUT2D eigenvalue weighted by Crippen LogP contribution is -2.19. The molecule has 3 heteroatoms. The van der Waals surface area contributed by atoms with Crippen LogP contribution in [0.2, 0.25) is 0 Å². The van der Waals surface area contributed by atoms with Crippen LogP contribution in [0.5, 0.6) is 5.88 Å². The van der Waals surface area contributed by atoms with E-state index >= 15 is 0 Å². The molecule has 1 unspecified atom stereocenters. The molecule has 0 radical (unpaired) electrons. The maximum atomic E-state index is 5.09. The van der Waals surface area contributed by atoms with Crippen LogP contribution in [0, 0.1) is 0 Å². The van der Waals surface area contributed by atoms with Crippen molar-refractivity contribution in [1.82, 2.24) is 10.3 Å². The maximum Gasteiger partial charge on any atom is 0.212 e. The molecule has 1 heterocycles. The maximum absolute atomic E-state index is 5.09. The number of nitrogens with one attached hydrogen (secondary N) is 1. The highest BCUT2D eigenvalue weighted by Crippen LogP contribution is 2.23. The second kappa shape index (κ2) is 7.06. The zero-order valence-corrected chi connectivity index (χ0v) is 12.4. The van der Waals surface area contributed by atoms with Crippen molar-refractivity contribution in [3.05, 3.63) is 48.2 Å². The van der Waals surface area contributed by atoms with E-state index in [4.69, 9.17) is 4.74 Å². The van der Waals surface area contributed by atoms with Crippen molar-refractivity contribution in [2.24, 2.45) is 0 Å². The highest BCUT2D eigenvalue weighted by molar-refractivity contribution is 5.63. The highest BCUT2D eigenvalue weighted by atomic mass is 16.5. The zero-order chi connectivity index (χ0) is 14.4. The number of rotatable bonds is 6. The van der Waals surface area contributed by atoms with Crippen LogP contribution < -0.4 is 10.1 Å². The molecule has 0 amide bonds. The minimum absolute atomic E-state index is 0.362. The molecule has 0 aliphatic heterocycles.